The van der Waals surface area contributed by atoms with E-state index in [0.717, 1.165) is 25.3 Å². The first-order chi connectivity index (χ1) is 7.15. The molecule has 1 amide bonds. The molecule has 15 heavy (non-hydrogen) atoms. The second kappa shape index (κ2) is 6.11. The van der Waals surface area contributed by atoms with Gasteiger partial charge in [-0.05, 0) is 39.0 Å². The van der Waals surface area contributed by atoms with Gasteiger partial charge >= 0.3 is 0 Å². The summed E-state index contributed by atoms with van der Waals surface area (Å²) in [7, 11) is 0. The molecule has 1 aliphatic carbocycles. The predicted molar refractivity (Wildman–Crippen MR) is 62.7 cm³/mol. The van der Waals surface area contributed by atoms with Crippen LogP contribution in [0.2, 0.25) is 0 Å². The monoisotopic (exact) mass is 212 g/mol. The molecule has 0 spiro atoms. The number of unbranched alkanes of at least 4 members (excludes halogenated alkanes) is 1. The molecule has 1 rings (SSSR count). The van der Waals surface area contributed by atoms with Crippen LogP contribution in [-0.4, -0.2) is 24.5 Å². The minimum atomic E-state index is -0.0579. The van der Waals surface area contributed by atoms with Gasteiger partial charge in [0, 0.05) is 12.6 Å². The van der Waals surface area contributed by atoms with Crippen LogP contribution in [0.1, 0.15) is 46.5 Å². The Morgan fingerprint density at radius 2 is 2.07 bits per heavy atom. The molecular formula is C12H24N2O. The van der Waals surface area contributed by atoms with Gasteiger partial charge in [0.15, 0.2) is 0 Å². The third kappa shape index (κ3) is 4.65. The van der Waals surface area contributed by atoms with Crippen LogP contribution in [0.25, 0.3) is 0 Å². The summed E-state index contributed by atoms with van der Waals surface area (Å²) in [4.78, 5) is 11.6. The molecule has 2 unspecified atom stereocenters. The first-order valence-corrected chi connectivity index (χ1v) is 6.19. The normalized spacial score (nSPS) is 19.7. The molecule has 0 radical (unpaired) electrons. The number of carbonyl (C=O) groups excluding carboxylic acids is 1. The minimum Gasteiger partial charge on any atom is -0.355 e. The van der Waals surface area contributed by atoms with E-state index in [1.165, 1.54) is 12.8 Å². The second-order valence-corrected chi connectivity index (χ2v) is 4.66. The van der Waals surface area contributed by atoms with Crippen LogP contribution < -0.4 is 10.6 Å². The Kier molecular flexibility index (Phi) is 5.09. The van der Waals surface area contributed by atoms with Crippen molar-refractivity contribution < 1.29 is 4.79 Å². The van der Waals surface area contributed by atoms with Crippen molar-refractivity contribution in [1.82, 2.24) is 10.6 Å². The van der Waals surface area contributed by atoms with Crippen molar-refractivity contribution in [3.63, 3.8) is 0 Å². The first-order valence-electron chi connectivity index (χ1n) is 6.19. The summed E-state index contributed by atoms with van der Waals surface area (Å²) in [5.41, 5.74) is 0. The smallest absolute Gasteiger partial charge is 0.236 e. The molecule has 0 aromatic rings. The fourth-order valence-corrected chi connectivity index (χ4v) is 1.74. The summed E-state index contributed by atoms with van der Waals surface area (Å²) in [6, 6.07) is 0.425. The standard InChI is InChI=1S/C12H24N2O/c1-4-5-8-13-12(15)10(3)14-9(2)11-6-7-11/h9-11,14H,4-8H2,1-3H3,(H,13,15). The molecule has 3 heteroatoms. The molecule has 1 aliphatic rings. The van der Waals surface area contributed by atoms with Gasteiger partial charge in [-0.15, -0.1) is 0 Å². The average molecular weight is 212 g/mol. The van der Waals surface area contributed by atoms with E-state index in [-0.39, 0.29) is 11.9 Å². The van der Waals surface area contributed by atoms with Gasteiger partial charge in [-0.2, -0.15) is 0 Å². The molecule has 88 valence electrons. The molecular weight excluding hydrogens is 188 g/mol. The topological polar surface area (TPSA) is 41.1 Å². The fraction of sp³-hybridized carbons (Fsp3) is 0.917. The molecule has 1 saturated carbocycles. The summed E-state index contributed by atoms with van der Waals surface area (Å²) in [6.07, 6.45) is 4.83. The van der Waals surface area contributed by atoms with Gasteiger partial charge in [-0.3, -0.25) is 4.79 Å². The van der Waals surface area contributed by atoms with Crippen molar-refractivity contribution in [2.45, 2.75) is 58.5 Å². The maximum absolute atomic E-state index is 11.6. The van der Waals surface area contributed by atoms with Crippen molar-refractivity contribution in [3.05, 3.63) is 0 Å². The number of amides is 1. The third-order valence-electron chi connectivity index (χ3n) is 3.06. The maximum atomic E-state index is 11.6. The molecule has 0 bridgehead atoms. The molecule has 1 fully saturated rings. The highest BCUT2D eigenvalue weighted by molar-refractivity contribution is 5.81. The lowest BCUT2D eigenvalue weighted by molar-refractivity contribution is -0.122. The molecule has 2 N–H and O–H groups in total. The molecule has 0 aromatic heterocycles. The summed E-state index contributed by atoms with van der Waals surface area (Å²) >= 11 is 0. The Balaban J connectivity index is 2.13. The Labute approximate surface area is 93.0 Å². The van der Waals surface area contributed by atoms with Gasteiger partial charge in [0.25, 0.3) is 0 Å². The highest BCUT2D eigenvalue weighted by Crippen LogP contribution is 2.32. The highest BCUT2D eigenvalue weighted by Gasteiger charge is 2.29. The van der Waals surface area contributed by atoms with E-state index < -0.39 is 0 Å². The number of hydrogen-bond donors (Lipinski definition) is 2. The van der Waals surface area contributed by atoms with Gasteiger partial charge < -0.3 is 10.6 Å². The van der Waals surface area contributed by atoms with Crippen LogP contribution in [0.5, 0.6) is 0 Å². The number of nitrogens with one attached hydrogen (secondary N) is 2. The van der Waals surface area contributed by atoms with E-state index in [1.807, 2.05) is 6.92 Å². The van der Waals surface area contributed by atoms with Crippen LogP contribution in [-0.2, 0) is 4.79 Å². The lowest BCUT2D eigenvalue weighted by Crippen LogP contribution is -2.46. The van der Waals surface area contributed by atoms with Crippen molar-refractivity contribution in [2.24, 2.45) is 5.92 Å². The van der Waals surface area contributed by atoms with Gasteiger partial charge in [-0.1, -0.05) is 13.3 Å². The molecule has 3 nitrogen and oxygen atoms in total. The van der Waals surface area contributed by atoms with Crippen molar-refractivity contribution in [1.29, 1.82) is 0 Å². The molecule has 0 heterocycles. The van der Waals surface area contributed by atoms with E-state index in [2.05, 4.69) is 24.5 Å². The van der Waals surface area contributed by atoms with Crippen molar-refractivity contribution in [3.8, 4) is 0 Å². The summed E-state index contributed by atoms with van der Waals surface area (Å²) in [6.45, 7) is 7.05. The quantitative estimate of drug-likeness (QED) is 0.630. The molecule has 2 atom stereocenters. The SMILES string of the molecule is CCCCNC(=O)C(C)NC(C)C1CC1. The minimum absolute atomic E-state index is 0.0579. The van der Waals surface area contributed by atoms with E-state index in [0.29, 0.717) is 6.04 Å². The number of carbonyl (C=O) groups is 1. The van der Waals surface area contributed by atoms with E-state index in [1.54, 1.807) is 0 Å². The van der Waals surface area contributed by atoms with Gasteiger partial charge in [-0.25, -0.2) is 0 Å². The van der Waals surface area contributed by atoms with Crippen LogP contribution in [0.3, 0.4) is 0 Å². The zero-order chi connectivity index (χ0) is 11.3. The predicted octanol–water partition coefficient (Wildman–Crippen LogP) is 1.68. The van der Waals surface area contributed by atoms with Gasteiger partial charge in [0.1, 0.15) is 0 Å². The average Bonchev–Trinajstić information content (AvgIpc) is 3.00. The summed E-state index contributed by atoms with van der Waals surface area (Å²) < 4.78 is 0. The maximum Gasteiger partial charge on any atom is 0.236 e. The molecule has 0 aromatic carbocycles. The third-order valence-corrected chi connectivity index (χ3v) is 3.06. The van der Waals surface area contributed by atoms with Crippen LogP contribution in [0.15, 0.2) is 0 Å². The summed E-state index contributed by atoms with van der Waals surface area (Å²) in [5.74, 6) is 0.937. The Morgan fingerprint density at radius 1 is 1.40 bits per heavy atom. The second-order valence-electron chi connectivity index (χ2n) is 4.66. The number of hydrogen-bond acceptors (Lipinski definition) is 2. The van der Waals surface area contributed by atoms with Crippen LogP contribution in [0.4, 0.5) is 0 Å². The van der Waals surface area contributed by atoms with Crippen molar-refractivity contribution in [2.75, 3.05) is 6.54 Å². The Bertz CT molecular complexity index is 202. The lowest BCUT2D eigenvalue weighted by atomic mass is 10.2. The molecule has 0 saturated heterocycles. The zero-order valence-corrected chi connectivity index (χ0v) is 10.2. The fourth-order valence-electron chi connectivity index (χ4n) is 1.74. The largest absolute Gasteiger partial charge is 0.355 e. The van der Waals surface area contributed by atoms with E-state index in [4.69, 9.17) is 0 Å². The Hall–Kier alpha value is -0.570. The zero-order valence-electron chi connectivity index (χ0n) is 10.2. The van der Waals surface area contributed by atoms with Gasteiger partial charge in [0.2, 0.25) is 5.91 Å². The highest BCUT2D eigenvalue weighted by atomic mass is 16.2. The number of rotatable bonds is 7. The molecule has 0 aliphatic heterocycles. The Morgan fingerprint density at radius 3 is 2.60 bits per heavy atom. The van der Waals surface area contributed by atoms with Gasteiger partial charge in [0.05, 0.1) is 6.04 Å². The van der Waals surface area contributed by atoms with Crippen LogP contribution >= 0.6 is 0 Å². The first kappa shape index (κ1) is 12.5. The van der Waals surface area contributed by atoms with Crippen LogP contribution in [0, 0.1) is 5.92 Å². The summed E-state index contributed by atoms with van der Waals surface area (Å²) in [5, 5.41) is 6.30. The van der Waals surface area contributed by atoms with E-state index >= 15 is 0 Å². The van der Waals surface area contributed by atoms with E-state index in [9.17, 15) is 4.79 Å². The lowest BCUT2D eigenvalue weighted by Gasteiger charge is -2.19. The van der Waals surface area contributed by atoms with Crippen molar-refractivity contribution >= 4 is 5.91 Å².